The van der Waals surface area contributed by atoms with Crippen molar-refractivity contribution in [3.05, 3.63) is 0 Å². The van der Waals surface area contributed by atoms with Crippen LogP contribution in [0, 0.1) is 11.8 Å². The van der Waals surface area contributed by atoms with Crippen molar-refractivity contribution in [2.24, 2.45) is 11.8 Å². The van der Waals surface area contributed by atoms with E-state index in [0.717, 1.165) is 0 Å². The zero-order chi connectivity index (χ0) is 11.1. The van der Waals surface area contributed by atoms with E-state index in [0.29, 0.717) is 0 Å². The van der Waals surface area contributed by atoms with Gasteiger partial charge >= 0.3 is 11.9 Å². The Morgan fingerprint density at radius 2 is 1.93 bits per heavy atom. The topological polar surface area (TPSA) is 52.6 Å². The van der Waals surface area contributed by atoms with Crippen LogP contribution >= 0.6 is 11.6 Å². The zero-order valence-electron chi connectivity index (χ0n) is 8.58. The third-order valence-corrected chi connectivity index (χ3v) is 2.03. The van der Waals surface area contributed by atoms with Gasteiger partial charge in [-0.25, -0.2) is 0 Å². The average Bonchev–Trinajstić information content (AvgIpc) is 2.13. The Hall–Kier alpha value is -0.770. The van der Waals surface area contributed by atoms with Gasteiger partial charge in [0, 0.05) is 0 Å². The van der Waals surface area contributed by atoms with Crippen LogP contribution in [0.15, 0.2) is 0 Å². The van der Waals surface area contributed by atoms with E-state index in [2.05, 4.69) is 9.47 Å². The van der Waals surface area contributed by atoms with Gasteiger partial charge < -0.3 is 9.47 Å². The van der Waals surface area contributed by atoms with Gasteiger partial charge in [-0.2, -0.15) is 0 Å². The van der Waals surface area contributed by atoms with Crippen LogP contribution < -0.4 is 0 Å². The number of esters is 2. The van der Waals surface area contributed by atoms with Gasteiger partial charge in [0.15, 0.2) is 6.07 Å². The van der Waals surface area contributed by atoms with Crippen molar-refractivity contribution in [1.29, 1.82) is 0 Å². The highest BCUT2D eigenvalue weighted by Gasteiger charge is 2.26. The Labute approximate surface area is 88.5 Å². The standard InChI is InChI=1S/C9H15ClO4/c1-6(2)7(4-8(11)13-3)9(12)14-5-10/h6-7H,4-5H2,1-3H3. The van der Waals surface area contributed by atoms with Crippen LogP contribution in [0.4, 0.5) is 0 Å². The number of carbonyl (C=O) groups excluding carboxylic acids is 2. The van der Waals surface area contributed by atoms with Crippen molar-refractivity contribution in [2.75, 3.05) is 13.2 Å². The number of halogens is 1. The van der Waals surface area contributed by atoms with Gasteiger partial charge in [-0.1, -0.05) is 25.4 Å². The molecule has 0 spiro atoms. The van der Waals surface area contributed by atoms with E-state index < -0.39 is 17.9 Å². The van der Waals surface area contributed by atoms with E-state index in [1.54, 1.807) is 0 Å². The number of methoxy groups -OCH3 is 1. The van der Waals surface area contributed by atoms with Gasteiger partial charge in [0.2, 0.25) is 0 Å². The van der Waals surface area contributed by atoms with Crippen LogP contribution in [0.25, 0.3) is 0 Å². The molecular weight excluding hydrogens is 208 g/mol. The predicted molar refractivity (Wildman–Crippen MR) is 51.8 cm³/mol. The van der Waals surface area contributed by atoms with E-state index in [-0.39, 0.29) is 18.4 Å². The molecule has 0 aromatic heterocycles. The molecular formula is C9H15ClO4. The molecule has 0 N–H and O–H groups in total. The van der Waals surface area contributed by atoms with Crippen molar-refractivity contribution in [1.82, 2.24) is 0 Å². The van der Waals surface area contributed by atoms with E-state index in [1.165, 1.54) is 7.11 Å². The van der Waals surface area contributed by atoms with Crippen molar-refractivity contribution in [3.63, 3.8) is 0 Å². The van der Waals surface area contributed by atoms with Crippen LogP contribution in [0.3, 0.4) is 0 Å². The number of hydrogen-bond acceptors (Lipinski definition) is 4. The fourth-order valence-electron chi connectivity index (χ4n) is 1.01. The molecule has 0 aromatic rings. The molecule has 0 amide bonds. The highest BCUT2D eigenvalue weighted by atomic mass is 35.5. The maximum atomic E-state index is 11.3. The number of hydrogen-bond donors (Lipinski definition) is 0. The second-order valence-corrected chi connectivity index (χ2v) is 3.42. The quantitative estimate of drug-likeness (QED) is 0.523. The van der Waals surface area contributed by atoms with Gasteiger partial charge in [0.1, 0.15) is 0 Å². The monoisotopic (exact) mass is 222 g/mol. The Morgan fingerprint density at radius 3 is 2.29 bits per heavy atom. The fourth-order valence-corrected chi connectivity index (χ4v) is 1.12. The molecule has 5 heteroatoms. The van der Waals surface area contributed by atoms with E-state index in [9.17, 15) is 9.59 Å². The first-order valence-corrected chi connectivity index (χ1v) is 4.85. The van der Waals surface area contributed by atoms with Crippen LogP contribution in [-0.4, -0.2) is 25.1 Å². The normalized spacial score (nSPS) is 12.4. The molecule has 0 fully saturated rings. The lowest BCUT2D eigenvalue weighted by molar-refractivity contribution is -0.154. The molecule has 0 saturated carbocycles. The molecule has 1 atom stereocenters. The van der Waals surface area contributed by atoms with Crippen LogP contribution in [-0.2, 0) is 19.1 Å². The number of carbonyl (C=O) groups is 2. The van der Waals surface area contributed by atoms with Gasteiger partial charge in [0.05, 0.1) is 19.4 Å². The molecule has 1 unspecified atom stereocenters. The summed E-state index contributed by atoms with van der Waals surface area (Å²) in [5.41, 5.74) is 0. The third kappa shape index (κ3) is 4.46. The highest BCUT2D eigenvalue weighted by molar-refractivity contribution is 6.17. The molecule has 0 bridgehead atoms. The molecule has 0 saturated heterocycles. The van der Waals surface area contributed by atoms with Crippen molar-refractivity contribution < 1.29 is 19.1 Å². The summed E-state index contributed by atoms with van der Waals surface area (Å²) >= 11 is 5.26. The van der Waals surface area contributed by atoms with Crippen LogP contribution in [0.1, 0.15) is 20.3 Å². The molecule has 0 heterocycles. The lowest BCUT2D eigenvalue weighted by atomic mass is 9.93. The molecule has 0 rings (SSSR count). The third-order valence-electron chi connectivity index (χ3n) is 1.92. The maximum Gasteiger partial charge on any atom is 0.310 e. The molecule has 0 aliphatic carbocycles. The highest BCUT2D eigenvalue weighted by Crippen LogP contribution is 2.17. The zero-order valence-corrected chi connectivity index (χ0v) is 9.34. The van der Waals surface area contributed by atoms with Crippen LogP contribution in [0.2, 0.25) is 0 Å². The Bertz CT molecular complexity index is 203. The van der Waals surface area contributed by atoms with Gasteiger partial charge in [-0.15, -0.1) is 0 Å². The summed E-state index contributed by atoms with van der Waals surface area (Å²) in [5.74, 6) is -1.35. The first-order chi connectivity index (χ1) is 6.52. The molecule has 4 nitrogen and oxygen atoms in total. The second-order valence-electron chi connectivity index (χ2n) is 3.20. The lowest BCUT2D eigenvalue weighted by Crippen LogP contribution is -2.25. The molecule has 0 aliphatic heterocycles. The SMILES string of the molecule is COC(=O)CC(C(=O)OCCl)C(C)C. The first-order valence-electron chi connectivity index (χ1n) is 4.32. The number of alkyl halides is 1. The van der Waals surface area contributed by atoms with Crippen molar-refractivity contribution in [2.45, 2.75) is 20.3 Å². The van der Waals surface area contributed by atoms with E-state index in [1.807, 2.05) is 13.8 Å². The molecule has 14 heavy (non-hydrogen) atoms. The Morgan fingerprint density at radius 1 is 1.36 bits per heavy atom. The predicted octanol–water partition coefficient (Wildman–Crippen LogP) is 1.56. The Kier molecular flexibility index (Phi) is 6.28. The minimum absolute atomic E-state index is 0.0183. The summed E-state index contributed by atoms with van der Waals surface area (Å²) < 4.78 is 9.11. The summed E-state index contributed by atoms with van der Waals surface area (Å²) in [4.78, 5) is 22.3. The summed E-state index contributed by atoms with van der Waals surface area (Å²) in [6, 6.07) is -0.191. The average molecular weight is 223 g/mol. The van der Waals surface area contributed by atoms with Gasteiger partial charge in [0.25, 0.3) is 0 Å². The van der Waals surface area contributed by atoms with Crippen LogP contribution in [0.5, 0.6) is 0 Å². The molecule has 0 aliphatic rings. The second kappa shape index (κ2) is 6.65. The van der Waals surface area contributed by atoms with E-state index in [4.69, 9.17) is 11.6 Å². The van der Waals surface area contributed by atoms with Gasteiger partial charge in [-0.3, -0.25) is 9.59 Å². The fraction of sp³-hybridized carbons (Fsp3) is 0.778. The molecule has 0 aromatic carbocycles. The Balaban J connectivity index is 4.29. The minimum Gasteiger partial charge on any atom is -0.469 e. The minimum atomic E-state index is -0.485. The smallest absolute Gasteiger partial charge is 0.310 e. The van der Waals surface area contributed by atoms with Crippen molar-refractivity contribution in [3.8, 4) is 0 Å². The molecule has 0 radical (unpaired) electrons. The lowest BCUT2D eigenvalue weighted by Gasteiger charge is -2.17. The van der Waals surface area contributed by atoms with E-state index >= 15 is 0 Å². The largest absolute Gasteiger partial charge is 0.469 e. The summed E-state index contributed by atoms with van der Waals surface area (Å²) in [7, 11) is 1.28. The van der Waals surface area contributed by atoms with Crippen molar-refractivity contribution >= 4 is 23.5 Å². The summed E-state index contributed by atoms with van der Waals surface area (Å²) in [5, 5.41) is 0. The first kappa shape index (κ1) is 13.2. The summed E-state index contributed by atoms with van der Waals surface area (Å²) in [6.07, 6.45) is 0.0316. The summed E-state index contributed by atoms with van der Waals surface area (Å²) in [6.45, 7) is 3.67. The van der Waals surface area contributed by atoms with Gasteiger partial charge in [-0.05, 0) is 5.92 Å². The maximum absolute atomic E-state index is 11.3. The number of rotatable bonds is 5. The number of ether oxygens (including phenoxy) is 2. The molecule has 82 valence electrons.